The molecule has 0 aliphatic carbocycles. The molecule has 4 heterocycles. The standard InChI is InChI=1S/C22H20N2O3S/c1-4-22(2)15-9-17-18-13(10-24(17)20(25)14(15)11-27-21(22)26)19(28-3)12-7-5-6-8-16(12)23-18/h5-9H,4,10-11H2,1-3H3. The molecule has 0 spiro atoms. The van der Waals surface area contributed by atoms with Crippen LogP contribution in [-0.2, 0) is 28.1 Å². The van der Waals surface area contributed by atoms with Crippen LogP contribution in [0.15, 0.2) is 40.0 Å². The van der Waals surface area contributed by atoms with Crippen LogP contribution in [0, 0.1) is 0 Å². The maximum atomic E-state index is 13.3. The molecule has 2 aliphatic heterocycles. The highest BCUT2D eigenvalue weighted by atomic mass is 32.2. The predicted octanol–water partition coefficient (Wildman–Crippen LogP) is 3.87. The zero-order valence-corrected chi connectivity index (χ0v) is 16.9. The minimum Gasteiger partial charge on any atom is -0.460 e. The number of nitrogens with zero attached hydrogens (tertiary/aromatic N) is 2. The number of benzene rings is 1. The molecule has 0 saturated carbocycles. The van der Waals surface area contributed by atoms with E-state index in [1.165, 1.54) is 0 Å². The first kappa shape index (κ1) is 17.5. The van der Waals surface area contributed by atoms with E-state index in [4.69, 9.17) is 9.72 Å². The molecule has 0 radical (unpaired) electrons. The van der Waals surface area contributed by atoms with E-state index in [0.29, 0.717) is 18.5 Å². The van der Waals surface area contributed by atoms with Crippen molar-refractivity contribution in [2.45, 2.75) is 43.7 Å². The first-order chi connectivity index (χ1) is 13.5. The number of hydrogen-bond acceptors (Lipinski definition) is 5. The molecular weight excluding hydrogens is 372 g/mol. The SMILES string of the molecule is CCC1(C)C(=O)OCc2c1cc1n(c2=O)Cc2c-1nc1ccccc1c2SC. The fraction of sp³-hybridized carbons (Fsp3) is 0.318. The monoisotopic (exact) mass is 392 g/mol. The maximum Gasteiger partial charge on any atom is 0.316 e. The number of rotatable bonds is 2. The van der Waals surface area contributed by atoms with Crippen LogP contribution >= 0.6 is 11.8 Å². The van der Waals surface area contributed by atoms with Gasteiger partial charge < -0.3 is 9.30 Å². The van der Waals surface area contributed by atoms with Crippen molar-refractivity contribution in [3.8, 4) is 11.4 Å². The van der Waals surface area contributed by atoms with Crippen LogP contribution < -0.4 is 5.56 Å². The van der Waals surface area contributed by atoms with Gasteiger partial charge in [0, 0.05) is 15.8 Å². The van der Waals surface area contributed by atoms with Crippen molar-refractivity contribution in [2.75, 3.05) is 6.26 Å². The van der Waals surface area contributed by atoms with Gasteiger partial charge in [-0.05, 0) is 37.3 Å². The average molecular weight is 392 g/mol. The summed E-state index contributed by atoms with van der Waals surface area (Å²) in [6.07, 6.45) is 2.63. The summed E-state index contributed by atoms with van der Waals surface area (Å²) >= 11 is 1.68. The largest absolute Gasteiger partial charge is 0.460 e. The van der Waals surface area contributed by atoms with E-state index in [9.17, 15) is 9.59 Å². The number of thioether (sulfide) groups is 1. The number of ether oxygens (including phenoxy) is 1. The Morgan fingerprint density at radius 1 is 1.25 bits per heavy atom. The van der Waals surface area contributed by atoms with Crippen LogP contribution in [0.2, 0.25) is 0 Å². The molecule has 1 atom stereocenters. The summed E-state index contributed by atoms with van der Waals surface area (Å²) in [6.45, 7) is 4.36. The van der Waals surface area contributed by atoms with Gasteiger partial charge in [0.1, 0.15) is 6.61 Å². The third-order valence-electron chi connectivity index (χ3n) is 6.20. The second-order valence-corrected chi connectivity index (χ2v) is 8.38. The van der Waals surface area contributed by atoms with E-state index >= 15 is 0 Å². The van der Waals surface area contributed by atoms with Gasteiger partial charge in [0.2, 0.25) is 0 Å². The summed E-state index contributed by atoms with van der Waals surface area (Å²) < 4.78 is 7.15. The van der Waals surface area contributed by atoms with E-state index < -0.39 is 5.41 Å². The number of carbonyl (C=O) groups excluding carboxylic acids is 1. The summed E-state index contributed by atoms with van der Waals surface area (Å²) in [4.78, 5) is 31.9. The molecule has 0 N–H and O–H groups in total. The van der Waals surface area contributed by atoms with Crippen LogP contribution in [0.25, 0.3) is 22.3 Å². The molecule has 5 nitrogen and oxygen atoms in total. The molecule has 5 rings (SSSR count). The van der Waals surface area contributed by atoms with Crippen molar-refractivity contribution >= 4 is 28.6 Å². The zero-order valence-electron chi connectivity index (χ0n) is 16.0. The number of pyridine rings is 2. The minimum atomic E-state index is -0.801. The van der Waals surface area contributed by atoms with Crippen LogP contribution in [0.1, 0.15) is 37.0 Å². The van der Waals surface area contributed by atoms with Crippen molar-refractivity contribution in [2.24, 2.45) is 0 Å². The first-order valence-electron chi connectivity index (χ1n) is 9.40. The van der Waals surface area contributed by atoms with Gasteiger partial charge in [-0.25, -0.2) is 4.98 Å². The van der Waals surface area contributed by atoms with E-state index in [2.05, 4.69) is 12.3 Å². The predicted molar refractivity (Wildman–Crippen MR) is 110 cm³/mol. The smallest absolute Gasteiger partial charge is 0.316 e. The number of aromatic nitrogens is 2. The first-order valence-corrected chi connectivity index (χ1v) is 10.6. The third kappa shape index (κ3) is 2.12. The summed E-state index contributed by atoms with van der Waals surface area (Å²) in [5, 5.41) is 1.11. The van der Waals surface area contributed by atoms with Crippen molar-refractivity contribution in [3.05, 3.63) is 57.4 Å². The van der Waals surface area contributed by atoms with E-state index in [-0.39, 0.29) is 18.1 Å². The van der Waals surface area contributed by atoms with Crippen LogP contribution in [0.4, 0.5) is 0 Å². The maximum absolute atomic E-state index is 13.3. The minimum absolute atomic E-state index is 0.0456. The van der Waals surface area contributed by atoms with Crippen LogP contribution in [0.5, 0.6) is 0 Å². The van der Waals surface area contributed by atoms with E-state index in [1.807, 2.05) is 38.1 Å². The van der Waals surface area contributed by atoms with Crippen LogP contribution in [-0.4, -0.2) is 21.8 Å². The van der Waals surface area contributed by atoms with Gasteiger partial charge in [0.15, 0.2) is 0 Å². The summed E-state index contributed by atoms with van der Waals surface area (Å²) in [7, 11) is 0. The number of fused-ring (bicyclic) bond motifs is 5. The molecule has 0 bridgehead atoms. The lowest BCUT2D eigenvalue weighted by Gasteiger charge is -2.33. The highest BCUT2D eigenvalue weighted by Crippen LogP contribution is 2.42. The van der Waals surface area contributed by atoms with Gasteiger partial charge in [-0.3, -0.25) is 9.59 Å². The zero-order chi connectivity index (χ0) is 19.6. The Balaban J connectivity index is 1.84. The Morgan fingerprint density at radius 2 is 2.04 bits per heavy atom. The molecule has 0 fully saturated rings. The molecule has 1 unspecified atom stereocenters. The molecule has 6 heteroatoms. The molecular formula is C22H20N2O3S. The highest BCUT2D eigenvalue weighted by molar-refractivity contribution is 7.98. The number of hydrogen-bond donors (Lipinski definition) is 0. The summed E-state index contributed by atoms with van der Waals surface area (Å²) in [6, 6.07) is 10.1. The lowest BCUT2D eigenvalue weighted by atomic mass is 9.76. The Labute approximate surface area is 166 Å². The van der Waals surface area contributed by atoms with Gasteiger partial charge >= 0.3 is 5.97 Å². The fourth-order valence-electron chi connectivity index (χ4n) is 4.39. The summed E-state index contributed by atoms with van der Waals surface area (Å²) in [5.74, 6) is -0.263. The Hall–Kier alpha value is -2.60. The van der Waals surface area contributed by atoms with Crippen molar-refractivity contribution in [3.63, 3.8) is 0 Å². The molecule has 0 amide bonds. The van der Waals surface area contributed by atoms with E-state index in [1.54, 1.807) is 16.3 Å². The van der Waals surface area contributed by atoms with Gasteiger partial charge in [-0.1, -0.05) is 25.1 Å². The molecule has 28 heavy (non-hydrogen) atoms. The van der Waals surface area contributed by atoms with Crippen LogP contribution in [0.3, 0.4) is 0 Å². The molecule has 3 aromatic rings. The quantitative estimate of drug-likeness (QED) is 0.383. The van der Waals surface area contributed by atoms with Crippen molar-refractivity contribution in [1.29, 1.82) is 0 Å². The normalized spacial score (nSPS) is 19.9. The number of carbonyl (C=O) groups is 1. The molecule has 1 aromatic carbocycles. The Bertz CT molecular complexity index is 1230. The van der Waals surface area contributed by atoms with Gasteiger partial charge in [0.25, 0.3) is 5.56 Å². The molecule has 2 aliphatic rings. The Kier molecular flexibility index (Phi) is 3.72. The van der Waals surface area contributed by atoms with Gasteiger partial charge in [0.05, 0.1) is 34.4 Å². The Morgan fingerprint density at radius 3 is 2.79 bits per heavy atom. The molecule has 0 saturated heterocycles. The number of esters is 1. The lowest BCUT2D eigenvalue weighted by Crippen LogP contribution is -2.42. The molecule has 142 valence electrons. The van der Waals surface area contributed by atoms with Gasteiger partial charge in [-0.15, -0.1) is 11.8 Å². The van der Waals surface area contributed by atoms with Crippen molar-refractivity contribution in [1.82, 2.24) is 9.55 Å². The van der Waals surface area contributed by atoms with E-state index in [0.717, 1.165) is 38.3 Å². The second kappa shape index (κ2) is 5.95. The van der Waals surface area contributed by atoms with Gasteiger partial charge in [-0.2, -0.15) is 0 Å². The fourth-order valence-corrected chi connectivity index (χ4v) is 5.19. The number of para-hydroxylation sites is 1. The summed E-state index contributed by atoms with van der Waals surface area (Å²) in [5.41, 5.74) is 4.15. The third-order valence-corrected chi connectivity index (χ3v) is 7.08. The molecule has 2 aromatic heterocycles. The second-order valence-electron chi connectivity index (χ2n) is 7.56. The highest BCUT2D eigenvalue weighted by Gasteiger charge is 2.43. The van der Waals surface area contributed by atoms with Crippen molar-refractivity contribution < 1.29 is 9.53 Å². The number of cyclic esters (lactones) is 1. The topological polar surface area (TPSA) is 61.2 Å². The lowest BCUT2D eigenvalue weighted by molar-refractivity contribution is -0.153. The average Bonchev–Trinajstić information content (AvgIpc) is 3.08.